The predicted molar refractivity (Wildman–Crippen MR) is 83.3 cm³/mol. The van der Waals surface area contributed by atoms with Gasteiger partial charge >= 0.3 is 0 Å². The Morgan fingerprint density at radius 1 is 1.00 bits per heavy atom. The maximum absolute atomic E-state index is 5.75. The van der Waals surface area contributed by atoms with Gasteiger partial charge < -0.3 is 10.1 Å². The maximum Gasteiger partial charge on any atom is 0.263 e. The molecule has 1 heterocycles. The first kappa shape index (κ1) is 14.1. The first-order valence-corrected chi connectivity index (χ1v) is 7.03. The van der Waals surface area contributed by atoms with Gasteiger partial charge in [0.2, 0.25) is 0 Å². The van der Waals surface area contributed by atoms with Crippen LogP contribution in [0.15, 0.2) is 54.6 Å². The number of rotatable bonds is 6. The summed E-state index contributed by atoms with van der Waals surface area (Å²) in [5.41, 5.74) is 2.28. The van der Waals surface area contributed by atoms with Crippen LogP contribution in [0.4, 0.5) is 5.95 Å². The fourth-order valence-electron chi connectivity index (χ4n) is 1.98. The number of anilines is 1. The van der Waals surface area contributed by atoms with Crippen molar-refractivity contribution in [2.45, 2.75) is 13.2 Å². The first-order chi connectivity index (χ1) is 10.8. The van der Waals surface area contributed by atoms with Crippen LogP contribution >= 0.6 is 0 Å². The van der Waals surface area contributed by atoms with Crippen molar-refractivity contribution in [3.63, 3.8) is 0 Å². The van der Waals surface area contributed by atoms with E-state index >= 15 is 0 Å². The molecule has 0 spiro atoms. The van der Waals surface area contributed by atoms with Crippen molar-refractivity contribution in [3.05, 3.63) is 65.7 Å². The van der Waals surface area contributed by atoms with Crippen LogP contribution in [0.2, 0.25) is 0 Å². The second-order valence-corrected chi connectivity index (χ2v) is 4.87. The maximum atomic E-state index is 5.75. The zero-order chi connectivity index (χ0) is 15.2. The third kappa shape index (κ3) is 3.82. The SMILES string of the molecule is Cn1nnc(NCc2ccc(OCc3ccccc3)cc2)n1. The van der Waals surface area contributed by atoms with Crippen LogP contribution in [0.1, 0.15) is 11.1 Å². The summed E-state index contributed by atoms with van der Waals surface area (Å²) in [5.74, 6) is 1.37. The summed E-state index contributed by atoms with van der Waals surface area (Å²) in [4.78, 5) is 1.42. The molecule has 3 aromatic rings. The molecule has 0 unspecified atom stereocenters. The van der Waals surface area contributed by atoms with Crippen molar-refractivity contribution < 1.29 is 4.74 Å². The zero-order valence-electron chi connectivity index (χ0n) is 12.3. The quantitative estimate of drug-likeness (QED) is 0.756. The lowest BCUT2D eigenvalue weighted by Crippen LogP contribution is -2.02. The molecular formula is C16H17N5O. The Kier molecular flexibility index (Phi) is 4.29. The number of aromatic nitrogens is 4. The number of nitrogens with one attached hydrogen (secondary N) is 1. The molecule has 1 N–H and O–H groups in total. The number of hydrogen-bond donors (Lipinski definition) is 1. The Bertz CT molecular complexity index is 709. The molecule has 6 heteroatoms. The largest absolute Gasteiger partial charge is 0.489 e. The molecule has 0 atom stereocenters. The zero-order valence-corrected chi connectivity index (χ0v) is 12.3. The number of benzene rings is 2. The van der Waals surface area contributed by atoms with E-state index in [0.717, 1.165) is 16.9 Å². The van der Waals surface area contributed by atoms with Gasteiger partial charge in [0, 0.05) is 6.54 Å². The first-order valence-electron chi connectivity index (χ1n) is 7.03. The summed E-state index contributed by atoms with van der Waals surface area (Å²) in [6.07, 6.45) is 0. The highest BCUT2D eigenvalue weighted by Gasteiger charge is 2.00. The second-order valence-electron chi connectivity index (χ2n) is 4.87. The number of hydrogen-bond acceptors (Lipinski definition) is 5. The van der Waals surface area contributed by atoms with Gasteiger partial charge in [0.05, 0.1) is 7.05 Å². The Hall–Kier alpha value is -2.89. The van der Waals surface area contributed by atoms with Gasteiger partial charge in [-0.3, -0.25) is 0 Å². The summed E-state index contributed by atoms with van der Waals surface area (Å²) in [5, 5.41) is 14.8. The number of ether oxygens (including phenoxy) is 1. The van der Waals surface area contributed by atoms with Crippen molar-refractivity contribution in [3.8, 4) is 5.75 Å². The van der Waals surface area contributed by atoms with Crippen LogP contribution in [0.5, 0.6) is 5.75 Å². The summed E-state index contributed by atoms with van der Waals surface area (Å²) in [7, 11) is 1.73. The third-order valence-electron chi connectivity index (χ3n) is 3.13. The van der Waals surface area contributed by atoms with E-state index in [0.29, 0.717) is 19.1 Å². The van der Waals surface area contributed by atoms with Gasteiger partial charge in [0.25, 0.3) is 5.95 Å². The number of nitrogens with zero attached hydrogens (tertiary/aromatic N) is 4. The molecule has 0 fully saturated rings. The lowest BCUT2D eigenvalue weighted by molar-refractivity contribution is 0.306. The van der Waals surface area contributed by atoms with E-state index in [1.165, 1.54) is 4.80 Å². The van der Waals surface area contributed by atoms with Crippen molar-refractivity contribution in [1.82, 2.24) is 20.2 Å². The lowest BCUT2D eigenvalue weighted by Gasteiger charge is -2.07. The van der Waals surface area contributed by atoms with Gasteiger partial charge in [-0.05, 0) is 28.5 Å². The molecule has 0 radical (unpaired) electrons. The van der Waals surface area contributed by atoms with Gasteiger partial charge in [-0.25, -0.2) is 0 Å². The standard InChI is InChI=1S/C16H17N5O/c1-21-19-16(18-20-21)17-11-13-7-9-15(10-8-13)22-12-14-5-3-2-4-6-14/h2-10H,11-12H2,1H3,(H,17,19). The van der Waals surface area contributed by atoms with Crippen LogP contribution in [0, 0.1) is 0 Å². The predicted octanol–water partition coefficient (Wildman–Crippen LogP) is 2.40. The minimum absolute atomic E-state index is 0.520. The summed E-state index contributed by atoms with van der Waals surface area (Å²) in [6, 6.07) is 18.1. The fraction of sp³-hybridized carbons (Fsp3) is 0.188. The van der Waals surface area contributed by atoms with Gasteiger partial charge in [-0.15, -0.1) is 5.10 Å². The Morgan fingerprint density at radius 3 is 2.45 bits per heavy atom. The van der Waals surface area contributed by atoms with E-state index < -0.39 is 0 Å². The van der Waals surface area contributed by atoms with Crippen LogP contribution < -0.4 is 10.1 Å². The van der Waals surface area contributed by atoms with Crippen LogP contribution in [0.25, 0.3) is 0 Å². The van der Waals surface area contributed by atoms with E-state index in [1.807, 2.05) is 54.6 Å². The van der Waals surface area contributed by atoms with E-state index in [4.69, 9.17) is 4.74 Å². The van der Waals surface area contributed by atoms with Crippen LogP contribution in [0.3, 0.4) is 0 Å². The highest BCUT2D eigenvalue weighted by atomic mass is 16.5. The smallest absolute Gasteiger partial charge is 0.263 e. The van der Waals surface area contributed by atoms with Crippen LogP contribution in [-0.2, 0) is 20.2 Å². The van der Waals surface area contributed by atoms with Gasteiger partial charge in [-0.1, -0.05) is 47.6 Å². The normalized spacial score (nSPS) is 10.4. The van der Waals surface area contributed by atoms with Crippen molar-refractivity contribution in [2.24, 2.45) is 7.05 Å². The molecule has 112 valence electrons. The van der Waals surface area contributed by atoms with E-state index in [1.54, 1.807) is 7.05 Å². The molecular weight excluding hydrogens is 278 g/mol. The molecule has 1 aromatic heterocycles. The van der Waals surface area contributed by atoms with E-state index in [9.17, 15) is 0 Å². The molecule has 22 heavy (non-hydrogen) atoms. The highest BCUT2D eigenvalue weighted by Crippen LogP contribution is 2.14. The van der Waals surface area contributed by atoms with E-state index in [2.05, 4.69) is 20.7 Å². The summed E-state index contributed by atoms with van der Waals surface area (Å²) >= 11 is 0. The monoisotopic (exact) mass is 295 g/mol. The summed E-state index contributed by atoms with van der Waals surface area (Å²) in [6.45, 7) is 1.21. The molecule has 0 saturated carbocycles. The van der Waals surface area contributed by atoms with E-state index in [-0.39, 0.29) is 0 Å². The molecule has 0 aliphatic rings. The second kappa shape index (κ2) is 6.71. The van der Waals surface area contributed by atoms with Gasteiger partial charge in [-0.2, -0.15) is 4.80 Å². The molecule has 3 rings (SSSR count). The van der Waals surface area contributed by atoms with Crippen LogP contribution in [-0.4, -0.2) is 20.2 Å². The molecule has 2 aromatic carbocycles. The molecule has 6 nitrogen and oxygen atoms in total. The van der Waals surface area contributed by atoms with Crippen molar-refractivity contribution in [1.29, 1.82) is 0 Å². The molecule has 0 bridgehead atoms. The number of aryl methyl sites for hydroxylation is 1. The summed E-state index contributed by atoms with van der Waals surface area (Å²) < 4.78 is 5.75. The van der Waals surface area contributed by atoms with Crippen molar-refractivity contribution in [2.75, 3.05) is 5.32 Å². The molecule has 0 saturated heterocycles. The van der Waals surface area contributed by atoms with Gasteiger partial charge in [0.15, 0.2) is 0 Å². The lowest BCUT2D eigenvalue weighted by atomic mass is 10.2. The minimum Gasteiger partial charge on any atom is -0.489 e. The fourth-order valence-corrected chi connectivity index (χ4v) is 1.98. The molecule has 0 aliphatic heterocycles. The highest BCUT2D eigenvalue weighted by molar-refractivity contribution is 5.30. The minimum atomic E-state index is 0.520. The van der Waals surface area contributed by atoms with Crippen molar-refractivity contribution >= 4 is 5.95 Å². The average Bonchev–Trinajstić information content (AvgIpc) is 2.98. The Balaban J connectivity index is 1.51. The number of tetrazole rings is 1. The topological polar surface area (TPSA) is 64.9 Å². The molecule has 0 amide bonds. The Morgan fingerprint density at radius 2 is 1.77 bits per heavy atom. The third-order valence-corrected chi connectivity index (χ3v) is 3.13. The van der Waals surface area contributed by atoms with Gasteiger partial charge in [0.1, 0.15) is 12.4 Å². The Labute approximate surface area is 128 Å². The average molecular weight is 295 g/mol. The molecule has 0 aliphatic carbocycles.